The van der Waals surface area contributed by atoms with Gasteiger partial charge in [0.25, 0.3) is 0 Å². The fraction of sp³-hybridized carbons (Fsp3) is 0. The SMILES string of the molecule is c1ccc(-c2cccc(-n3c4ccccc4c4c(-c5ccc6c7ccccc7n(-c7ccccc7)c6c5)cccc43)c2)cc1. The van der Waals surface area contributed by atoms with Crippen LogP contribution in [0.3, 0.4) is 0 Å². The van der Waals surface area contributed by atoms with E-state index in [0.717, 1.165) is 5.69 Å². The molecule has 0 aliphatic rings. The van der Waals surface area contributed by atoms with Crippen molar-refractivity contribution in [2.24, 2.45) is 0 Å². The van der Waals surface area contributed by atoms with Crippen LogP contribution in [0, 0.1) is 0 Å². The monoisotopic (exact) mass is 560 g/mol. The minimum Gasteiger partial charge on any atom is -0.309 e. The lowest BCUT2D eigenvalue weighted by atomic mass is 9.98. The van der Waals surface area contributed by atoms with Crippen LogP contribution in [0.5, 0.6) is 0 Å². The number of rotatable bonds is 4. The van der Waals surface area contributed by atoms with Crippen molar-refractivity contribution < 1.29 is 0 Å². The Morgan fingerprint density at radius 3 is 1.68 bits per heavy atom. The average Bonchev–Trinajstić information content (AvgIpc) is 3.62. The Balaban J connectivity index is 1.31. The zero-order valence-corrected chi connectivity index (χ0v) is 24.1. The summed E-state index contributed by atoms with van der Waals surface area (Å²) < 4.78 is 4.81. The van der Waals surface area contributed by atoms with Crippen molar-refractivity contribution in [1.29, 1.82) is 0 Å². The van der Waals surface area contributed by atoms with Crippen LogP contribution in [0.25, 0.3) is 77.2 Å². The third kappa shape index (κ3) is 3.75. The van der Waals surface area contributed by atoms with E-state index in [4.69, 9.17) is 0 Å². The maximum Gasteiger partial charge on any atom is 0.0547 e. The predicted octanol–water partition coefficient (Wildman–Crippen LogP) is 11.2. The number of hydrogen-bond donors (Lipinski definition) is 0. The summed E-state index contributed by atoms with van der Waals surface area (Å²) in [5.41, 5.74) is 12.1. The van der Waals surface area contributed by atoms with Gasteiger partial charge in [0.1, 0.15) is 0 Å². The van der Waals surface area contributed by atoms with Crippen molar-refractivity contribution >= 4 is 43.6 Å². The first-order chi connectivity index (χ1) is 21.8. The molecule has 0 atom stereocenters. The zero-order chi connectivity index (χ0) is 29.0. The lowest BCUT2D eigenvalue weighted by molar-refractivity contribution is 1.18. The third-order valence-corrected chi connectivity index (χ3v) is 8.91. The molecule has 0 saturated heterocycles. The van der Waals surface area contributed by atoms with Crippen LogP contribution in [-0.2, 0) is 0 Å². The molecule has 44 heavy (non-hydrogen) atoms. The zero-order valence-electron chi connectivity index (χ0n) is 24.1. The van der Waals surface area contributed by atoms with Crippen LogP contribution < -0.4 is 0 Å². The van der Waals surface area contributed by atoms with E-state index < -0.39 is 0 Å². The van der Waals surface area contributed by atoms with Crippen LogP contribution in [0.1, 0.15) is 0 Å². The summed E-state index contributed by atoms with van der Waals surface area (Å²) in [6, 6.07) is 61.4. The van der Waals surface area contributed by atoms with E-state index in [0.29, 0.717) is 0 Å². The highest BCUT2D eigenvalue weighted by atomic mass is 15.0. The Labute approximate surface area is 255 Å². The fourth-order valence-corrected chi connectivity index (χ4v) is 6.99. The lowest BCUT2D eigenvalue weighted by Crippen LogP contribution is -1.94. The molecule has 0 unspecified atom stereocenters. The first kappa shape index (κ1) is 24.7. The normalized spacial score (nSPS) is 11.6. The van der Waals surface area contributed by atoms with E-state index in [1.807, 2.05) is 0 Å². The van der Waals surface area contributed by atoms with E-state index in [1.165, 1.54) is 71.6 Å². The quantitative estimate of drug-likeness (QED) is 0.203. The van der Waals surface area contributed by atoms with Gasteiger partial charge in [-0.05, 0) is 70.8 Å². The number of aromatic nitrogens is 2. The van der Waals surface area contributed by atoms with Crippen molar-refractivity contribution in [3.63, 3.8) is 0 Å². The second-order valence-corrected chi connectivity index (χ2v) is 11.4. The fourth-order valence-electron chi connectivity index (χ4n) is 6.99. The Morgan fingerprint density at radius 1 is 0.295 bits per heavy atom. The maximum absolute atomic E-state index is 2.42. The van der Waals surface area contributed by atoms with Gasteiger partial charge in [0, 0.05) is 32.9 Å². The summed E-state index contributed by atoms with van der Waals surface area (Å²) in [6.45, 7) is 0. The van der Waals surface area contributed by atoms with Gasteiger partial charge in [0.05, 0.1) is 22.1 Å². The van der Waals surface area contributed by atoms with Crippen LogP contribution in [-0.4, -0.2) is 9.13 Å². The number of nitrogens with zero attached hydrogens (tertiary/aromatic N) is 2. The van der Waals surface area contributed by atoms with E-state index in [2.05, 4.69) is 179 Å². The Kier molecular flexibility index (Phi) is 5.54. The molecule has 0 saturated carbocycles. The lowest BCUT2D eigenvalue weighted by Gasteiger charge is -2.11. The molecule has 0 aliphatic heterocycles. The van der Waals surface area contributed by atoms with E-state index in [9.17, 15) is 0 Å². The van der Waals surface area contributed by atoms with Gasteiger partial charge in [0.2, 0.25) is 0 Å². The second-order valence-electron chi connectivity index (χ2n) is 11.4. The van der Waals surface area contributed by atoms with Gasteiger partial charge in [-0.15, -0.1) is 0 Å². The van der Waals surface area contributed by atoms with Gasteiger partial charge >= 0.3 is 0 Å². The van der Waals surface area contributed by atoms with Gasteiger partial charge in [0.15, 0.2) is 0 Å². The molecule has 2 heterocycles. The average molecular weight is 561 g/mol. The summed E-state index contributed by atoms with van der Waals surface area (Å²) in [5.74, 6) is 0. The molecule has 0 N–H and O–H groups in total. The van der Waals surface area contributed by atoms with Crippen LogP contribution in [0.15, 0.2) is 170 Å². The van der Waals surface area contributed by atoms with Crippen molar-refractivity contribution in [3.8, 4) is 33.6 Å². The first-order valence-corrected chi connectivity index (χ1v) is 15.1. The molecule has 0 spiro atoms. The molecule has 9 aromatic rings. The highest BCUT2D eigenvalue weighted by Crippen LogP contribution is 2.41. The second kappa shape index (κ2) is 9.86. The van der Waals surface area contributed by atoms with Crippen LogP contribution in [0.4, 0.5) is 0 Å². The maximum atomic E-state index is 2.42. The number of benzene rings is 7. The van der Waals surface area contributed by atoms with Gasteiger partial charge in [-0.3, -0.25) is 0 Å². The molecule has 0 radical (unpaired) electrons. The third-order valence-electron chi connectivity index (χ3n) is 8.91. The van der Waals surface area contributed by atoms with Gasteiger partial charge in [-0.1, -0.05) is 121 Å². The molecular formula is C42H28N2. The Hall–Kier alpha value is -5.86. The van der Waals surface area contributed by atoms with Crippen molar-refractivity contribution in [3.05, 3.63) is 170 Å². The standard InChI is InChI=1S/C42H28N2/c1-3-13-29(14-4-1)30-15-11-18-33(27-30)44-39-23-10-8-20-37(39)42-34(21-12-24-40(42)44)31-25-26-36-35-19-7-9-22-38(35)43(41(36)28-31)32-16-5-2-6-17-32/h1-28H. The largest absolute Gasteiger partial charge is 0.309 e. The molecule has 2 aromatic heterocycles. The number of hydrogen-bond acceptors (Lipinski definition) is 0. The molecule has 0 aliphatic carbocycles. The smallest absolute Gasteiger partial charge is 0.0547 e. The van der Waals surface area contributed by atoms with Gasteiger partial charge < -0.3 is 9.13 Å². The van der Waals surface area contributed by atoms with E-state index in [-0.39, 0.29) is 0 Å². The van der Waals surface area contributed by atoms with E-state index in [1.54, 1.807) is 0 Å². The Bertz CT molecular complexity index is 2480. The summed E-state index contributed by atoms with van der Waals surface area (Å²) in [4.78, 5) is 0. The summed E-state index contributed by atoms with van der Waals surface area (Å²) in [7, 11) is 0. The summed E-state index contributed by atoms with van der Waals surface area (Å²) in [5, 5.41) is 5.06. The number of para-hydroxylation sites is 3. The molecule has 9 rings (SSSR count). The molecule has 0 fully saturated rings. The molecule has 2 nitrogen and oxygen atoms in total. The predicted molar refractivity (Wildman–Crippen MR) is 186 cm³/mol. The molecule has 0 amide bonds. The molecule has 2 heteroatoms. The molecule has 7 aromatic carbocycles. The van der Waals surface area contributed by atoms with Crippen LogP contribution >= 0.6 is 0 Å². The molecular weight excluding hydrogens is 532 g/mol. The minimum absolute atomic E-state index is 1.16. The topological polar surface area (TPSA) is 9.86 Å². The van der Waals surface area contributed by atoms with Crippen molar-refractivity contribution in [2.75, 3.05) is 0 Å². The summed E-state index contributed by atoms with van der Waals surface area (Å²) in [6.07, 6.45) is 0. The van der Waals surface area contributed by atoms with Gasteiger partial charge in [-0.25, -0.2) is 0 Å². The number of fused-ring (bicyclic) bond motifs is 6. The Morgan fingerprint density at radius 2 is 0.864 bits per heavy atom. The molecule has 0 bridgehead atoms. The highest BCUT2D eigenvalue weighted by molar-refractivity contribution is 6.17. The molecule has 206 valence electrons. The highest BCUT2D eigenvalue weighted by Gasteiger charge is 2.18. The van der Waals surface area contributed by atoms with Crippen molar-refractivity contribution in [2.45, 2.75) is 0 Å². The first-order valence-electron chi connectivity index (χ1n) is 15.1. The van der Waals surface area contributed by atoms with Gasteiger partial charge in [-0.2, -0.15) is 0 Å². The van der Waals surface area contributed by atoms with Crippen LogP contribution in [0.2, 0.25) is 0 Å². The van der Waals surface area contributed by atoms with E-state index >= 15 is 0 Å². The minimum atomic E-state index is 1.16. The summed E-state index contributed by atoms with van der Waals surface area (Å²) >= 11 is 0. The van der Waals surface area contributed by atoms with Crippen molar-refractivity contribution in [1.82, 2.24) is 9.13 Å².